The molecule has 1 aromatic heterocycles. The Balaban J connectivity index is 1.52. The number of aromatic nitrogens is 1. The van der Waals surface area contributed by atoms with Crippen LogP contribution in [-0.2, 0) is 22.4 Å². The average molecular weight is 349 g/mol. The summed E-state index contributed by atoms with van der Waals surface area (Å²) in [7, 11) is 0. The summed E-state index contributed by atoms with van der Waals surface area (Å²) in [5.41, 5.74) is 2.76. The van der Waals surface area contributed by atoms with Crippen molar-refractivity contribution in [2.45, 2.75) is 24.9 Å². The Hall–Kier alpha value is -3.12. The smallest absolute Gasteiger partial charge is 0.269 e. The molecule has 1 aliphatic rings. The molecular weight excluding hydrogens is 330 g/mol. The van der Waals surface area contributed by atoms with E-state index in [2.05, 4.69) is 10.3 Å². The molecule has 1 saturated heterocycles. The molecule has 1 aliphatic heterocycles. The van der Waals surface area contributed by atoms with Gasteiger partial charge in [-0.1, -0.05) is 48.5 Å². The highest BCUT2D eigenvalue weighted by Gasteiger charge is 2.40. The number of fused-ring (bicyclic) bond motifs is 1. The van der Waals surface area contributed by atoms with Crippen molar-refractivity contribution in [2.24, 2.45) is 0 Å². The van der Waals surface area contributed by atoms with Crippen molar-refractivity contribution >= 4 is 22.7 Å². The van der Waals surface area contributed by atoms with Gasteiger partial charge >= 0.3 is 0 Å². The molecule has 1 fully saturated rings. The van der Waals surface area contributed by atoms with Crippen LogP contribution in [0.4, 0.5) is 0 Å². The van der Waals surface area contributed by atoms with Crippen LogP contribution in [0.15, 0.2) is 60.8 Å². The number of benzene rings is 2. The summed E-state index contributed by atoms with van der Waals surface area (Å²) < 4.78 is 0. The van der Waals surface area contributed by atoms with Crippen molar-refractivity contribution in [3.63, 3.8) is 0 Å². The van der Waals surface area contributed by atoms with Gasteiger partial charge in [0.15, 0.2) is 0 Å². The lowest BCUT2D eigenvalue weighted by Gasteiger charge is -2.34. The molecule has 0 saturated carbocycles. The molecule has 2 amide bonds. The van der Waals surface area contributed by atoms with Crippen molar-refractivity contribution in [3.05, 3.63) is 71.9 Å². The fraction of sp³-hybridized carbons (Fsp3) is 0.200. The first-order valence-corrected chi connectivity index (χ1v) is 8.55. The maximum absolute atomic E-state index is 12.5. The molecule has 0 bridgehead atoms. The molecule has 6 heteroatoms. The number of carbonyl (C=O) groups is 2. The maximum Gasteiger partial charge on any atom is 0.269 e. The second-order valence-corrected chi connectivity index (χ2v) is 6.51. The number of H-pyrrole nitrogens is 1. The van der Waals surface area contributed by atoms with Crippen LogP contribution in [0.2, 0.25) is 0 Å². The van der Waals surface area contributed by atoms with Gasteiger partial charge in [-0.2, -0.15) is 0 Å². The number of carbonyl (C=O) groups excluding carboxylic acids is 2. The maximum atomic E-state index is 12.5. The number of rotatable bonds is 4. The van der Waals surface area contributed by atoms with Crippen LogP contribution in [-0.4, -0.2) is 39.2 Å². The molecule has 0 radical (unpaired) electrons. The van der Waals surface area contributed by atoms with Crippen molar-refractivity contribution < 1.29 is 14.8 Å². The van der Waals surface area contributed by atoms with Crippen molar-refractivity contribution in [3.8, 4) is 0 Å². The van der Waals surface area contributed by atoms with Gasteiger partial charge in [-0.05, 0) is 17.2 Å². The predicted octanol–water partition coefficient (Wildman–Crippen LogP) is 2.04. The fourth-order valence-corrected chi connectivity index (χ4v) is 3.43. The van der Waals surface area contributed by atoms with Gasteiger partial charge < -0.3 is 10.3 Å². The number of hydrogen-bond donors (Lipinski definition) is 3. The van der Waals surface area contributed by atoms with Gasteiger partial charge in [0.2, 0.25) is 5.91 Å². The number of piperazine rings is 1. The van der Waals surface area contributed by atoms with E-state index in [-0.39, 0.29) is 12.3 Å². The molecule has 0 aliphatic carbocycles. The van der Waals surface area contributed by atoms with E-state index in [9.17, 15) is 14.8 Å². The predicted molar refractivity (Wildman–Crippen MR) is 96.5 cm³/mol. The lowest BCUT2D eigenvalue weighted by Crippen LogP contribution is -2.63. The summed E-state index contributed by atoms with van der Waals surface area (Å²) in [4.78, 5) is 28.2. The Bertz CT molecular complexity index is 951. The molecule has 132 valence electrons. The third-order valence-corrected chi connectivity index (χ3v) is 4.81. The molecule has 3 aromatic rings. The van der Waals surface area contributed by atoms with Gasteiger partial charge in [0.05, 0.1) is 0 Å². The topological polar surface area (TPSA) is 85.4 Å². The number of hydroxylamine groups is 2. The zero-order valence-corrected chi connectivity index (χ0v) is 14.1. The van der Waals surface area contributed by atoms with Crippen LogP contribution in [0.1, 0.15) is 11.1 Å². The highest BCUT2D eigenvalue weighted by molar-refractivity contribution is 5.97. The summed E-state index contributed by atoms with van der Waals surface area (Å²) in [5, 5.41) is 14.7. The molecule has 0 spiro atoms. The van der Waals surface area contributed by atoms with E-state index in [0.717, 1.165) is 22.0 Å². The van der Waals surface area contributed by atoms with Gasteiger partial charge in [0.25, 0.3) is 5.91 Å². The highest BCUT2D eigenvalue weighted by Crippen LogP contribution is 2.22. The summed E-state index contributed by atoms with van der Waals surface area (Å²) >= 11 is 0. The second-order valence-electron chi connectivity index (χ2n) is 6.51. The fourth-order valence-electron chi connectivity index (χ4n) is 3.43. The minimum absolute atomic E-state index is 0.246. The Kier molecular flexibility index (Phi) is 4.18. The van der Waals surface area contributed by atoms with E-state index in [4.69, 9.17) is 0 Å². The van der Waals surface area contributed by atoms with Crippen LogP contribution in [0.25, 0.3) is 10.9 Å². The molecule has 4 rings (SSSR count). The van der Waals surface area contributed by atoms with Gasteiger partial charge in [-0.3, -0.25) is 14.8 Å². The van der Waals surface area contributed by atoms with Gasteiger partial charge in [0.1, 0.15) is 12.1 Å². The van der Waals surface area contributed by atoms with E-state index in [0.29, 0.717) is 11.5 Å². The number of nitrogens with one attached hydrogen (secondary N) is 2. The monoisotopic (exact) mass is 349 g/mol. The lowest BCUT2D eigenvalue weighted by atomic mass is 9.98. The number of hydrogen-bond acceptors (Lipinski definition) is 3. The van der Waals surface area contributed by atoms with E-state index >= 15 is 0 Å². The number of aromatic amines is 1. The number of para-hydroxylation sites is 1. The molecule has 6 nitrogen and oxygen atoms in total. The zero-order valence-electron chi connectivity index (χ0n) is 14.1. The standard InChI is InChI=1S/C20H19N3O3/c24-19-18(11-14-12-21-16-9-5-4-8-15(14)16)23(26)20(25)17(22-19)10-13-6-2-1-3-7-13/h1-9,12,17-18,21,26H,10-11H2,(H,22,24). The summed E-state index contributed by atoms with van der Waals surface area (Å²) in [5.74, 6) is -0.836. The van der Waals surface area contributed by atoms with Crippen LogP contribution in [0, 0.1) is 0 Å². The minimum Gasteiger partial charge on any atom is -0.361 e. The quantitative estimate of drug-likeness (QED) is 0.630. The Labute approximate surface area is 150 Å². The van der Waals surface area contributed by atoms with Crippen molar-refractivity contribution in [1.82, 2.24) is 15.4 Å². The van der Waals surface area contributed by atoms with Crippen LogP contribution in [0.3, 0.4) is 0 Å². The molecule has 26 heavy (non-hydrogen) atoms. The first-order valence-electron chi connectivity index (χ1n) is 8.55. The van der Waals surface area contributed by atoms with E-state index in [1.165, 1.54) is 0 Å². The van der Waals surface area contributed by atoms with Crippen molar-refractivity contribution in [2.75, 3.05) is 0 Å². The summed E-state index contributed by atoms with van der Waals surface area (Å²) in [6, 6.07) is 15.5. The molecule has 2 unspecified atom stereocenters. The van der Waals surface area contributed by atoms with Crippen LogP contribution >= 0.6 is 0 Å². The first-order chi connectivity index (χ1) is 12.6. The minimum atomic E-state index is -0.936. The SMILES string of the molecule is O=C1NC(Cc2ccccc2)C(=O)N(O)C1Cc1c[nH]c2ccccc12. The third kappa shape index (κ3) is 2.95. The molecule has 3 N–H and O–H groups in total. The van der Waals surface area contributed by atoms with E-state index in [1.54, 1.807) is 0 Å². The lowest BCUT2D eigenvalue weighted by molar-refractivity contribution is -0.189. The first kappa shape index (κ1) is 16.4. The largest absolute Gasteiger partial charge is 0.361 e. The molecule has 2 aromatic carbocycles. The Morgan fingerprint density at radius 1 is 0.962 bits per heavy atom. The highest BCUT2D eigenvalue weighted by atomic mass is 16.5. The average Bonchev–Trinajstić information content (AvgIpc) is 3.07. The molecule has 2 heterocycles. The number of amides is 2. The van der Waals surface area contributed by atoms with E-state index in [1.807, 2.05) is 60.8 Å². The molecule has 2 atom stereocenters. The zero-order chi connectivity index (χ0) is 18.1. The Morgan fingerprint density at radius 3 is 2.50 bits per heavy atom. The molecular formula is C20H19N3O3. The second kappa shape index (κ2) is 6.65. The Morgan fingerprint density at radius 2 is 1.69 bits per heavy atom. The van der Waals surface area contributed by atoms with Gasteiger partial charge in [-0.15, -0.1) is 0 Å². The van der Waals surface area contributed by atoms with Gasteiger partial charge in [0, 0.05) is 29.9 Å². The van der Waals surface area contributed by atoms with Crippen LogP contribution < -0.4 is 5.32 Å². The normalized spacial score (nSPS) is 20.4. The number of nitrogens with zero attached hydrogens (tertiary/aromatic N) is 1. The summed E-state index contributed by atoms with van der Waals surface area (Å²) in [6.07, 6.45) is 2.41. The third-order valence-electron chi connectivity index (χ3n) is 4.81. The van der Waals surface area contributed by atoms with E-state index < -0.39 is 18.0 Å². The van der Waals surface area contributed by atoms with Gasteiger partial charge in [-0.25, -0.2) is 5.06 Å². The van der Waals surface area contributed by atoms with Crippen LogP contribution in [0.5, 0.6) is 0 Å². The summed E-state index contributed by atoms with van der Waals surface area (Å²) in [6.45, 7) is 0. The van der Waals surface area contributed by atoms with Crippen molar-refractivity contribution in [1.29, 1.82) is 0 Å².